The molecule has 1 amide bonds. The van der Waals surface area contributed by atoms with E-state index in [1.54, 1.807) is 22.8 Å². The van der Waals surface area contributed by atoms with Crippen LogP contribution < -0.4 is 0 Å². The normalized spacial score (nSPS) is 15.1. The van der Waals surface area contributed by atoms with E-state index in [1.807, 2.05) is 29.2 Å². The molecular formula is C22H20FN5OS. The second-order valence-electron chi connectivity index (χ2n) is 7.42. The molecule has 1 aliphatic rings. The van der Waals surface area contributed by atoms with Gasteiger partial charge in [0, 0.05) is 42.9 Å². The van der Waals surface area contributed by atoms with Gasteiger partial charge in [-0.1, -0.05) is 23.5 Å². The summed E-state index contributed by atoms with van der Waals surface area (Å²) in [5.41, 5.74) is 3.30. The summed E-state index contributed by atoms with van der Waals surface area (Å²) in [5, 5.41) is 5.51. The molecule has 152 valence electrons. The Morgan fingerprint density at radius 1 is 0.967 bits per heavy atom. The Morgan fingerprint density at radius 3 is 2.33 bits per heavy atom. The van der Waals surface area contributed by atoms with Gasteiger partial charge in [-0.3, -0.25) is 4.79 Å². The van der Waals surface area contributed by atoms with E-state index >= 15 is 0 Å². The molecule has 0 N–H and O–H groups in total. The second-order valence-corrected chi connectivity index (χ2v) is 8.38. The number of fused-ring (bicyclic) bond motifs is 1. The van der Waals surface area contributed by atoms with Crippen molar-refractivity contribution in [2.75, 3.05) is 33.2 Å². The van der Waals surface area contributed by atoms with Gasteiger partial charge in [0.1, 0.15) is 10.8 Å². The highest BCUT2D eigenvalue weighted by atomic mass is 32.1. The minimum absolute atomic E-state index is 0.0715. The average molecular weight is 422 g/mol. The molecule has 0 spiro atoms. The van der Waals surface area contributed by atoms with Gasteiger partial charge in [0.2, 0.25) is 4.96 Å². The molecule has 5 rings (SSSR count). The number of benzene rings is 2. The van der Waals surface area contributed by atoms with E-state index < -0.39 is 0 Å². The Kier molecular flexibility index (Phi) is 4.80. The van der Waals surface area contributed by atoms with E-state index in [4.69, 9.17) is 5.10 Å². The molecular weight excluding hydrogens is 401 g/mol. The van der Waals surface area contributed by atoms with E-state index in [0.29, 0.717) is 5.56 Å². The van der Waals surface area contributed by atoms with E-state index in [-0.39, 0.29) is 11.7 Å². The molecule has 0 atom stereocenters. The first-order valence-corrected chi connectivity index (χ1v) is 10.6. The lowest BCUT2D eigenvalue weighted by Crippen LogP contribution is -2.47. The molecule has 6 nitrogen and oxygen atoms in total. The standard InChI is InChI=1S/C22H20FN5OS/c1-26-10-12-27(13-11-26)21(29)17-4-2-16(3-5-17)20-25-28-19(14-24-22(28)30-20)15-6-8-18(23)9-7-15/h2-9,14H,10-13H2,1H3. The first-order chi connectivity index (χ1) is 14.6. The summed E-state index contributed by atoms with van der Waals surface area (Å²) in [4.78, 5) is 22.1. The number of likely N-dealkylation sites (N-methyl/N-ethyl adjacent to an activating group) is 1. The molecule has 0 radical (unpaired) electrons. The Morgan fingerprint density at radius 2 is 1.63 bits per heavy atom. The first-order valence-electron chi connectivity index (χ1n) is 9.77. The van der Waals surface area contributed by atoms with Gasteiger partial charge in [0.25, 0.3) is 5.91 Å². The molecule has 2 aromatic carbocycles. The number of carbonyl (C=O) groups is 1. The molecule has 0 saturated carbocycles. The lowest BCUT2D eigenvalue weighted by molar-refractivity contribution is 0.0664. The van der Waals surface area contributed by atoms with Crippen LogP contribution in [0.15, 0.2) is 54.7 Å². The fraction of sp³-hybridized carbons (Fsp3) is 0.227. The van der Waals surface area contributed by atoms with Crippen LogP contribution in [-0.4, -0.2) is 63.5 Å². The molecule has 0 unspecified atom stereocenters. The Hall–Kier alpha value is -3.10. The number of hydrogen-bond acceptors (Lipinski definition) is 5. The maximum atomic E-state index is 13.2. The number of hydrogen-bond donors (Lipinski definition) is 0. The van der Waals surface area contributed by atoms with Crippen LogP contribution in [0.4, 0.5) is 4.39 Å². The molecule has 1 aliphatic heterocycles. The number of halogens is 1. The topological polar surface area (TPSA) is 53.7 Å². The lowest BCUT2D eigenvalue weighted by Gasteiger charge is -2.32. The molecule has 30 heavy (non-hydrogen) atoms. The number of amides is 1. The summed E-state index contributed by atoms with van der Waals surface area (Å²) in [6.45, 7) is 3.32. The number of carbonyl (C=O) groups excluding carboxylic acids is 1. The smallest absolute Gasteiger partial charge is 0.253 e. The number of rotatable bonds is 3. The van der Waals surface area contributed by atoms with Crippen molar-refractivity contribution < 1.29 is 9.18 Å². The monoisotopic (exact) mass is 421 g/mol. The molecule has 0 bridgehead atoms. The third-order valence-corrected chi connectivity index (χ3v) is 6.37. The van der Waals surface area contributed by atoms with Crippen LogP contribution in [0.2, 0.25) is 0 Å². The van der Waals surface area contributed by atoms with E-state index in [2.05, 4.69) is 16.9 Å². The van der Waals surface area contributed by atoms with Crippen LogP contribution in [0.3, 0.4) is 0 Å². The van der Waals surface area contributed by atoms with Crippen molar-refractivity contribution in [3.63, 3.8) is 0 Å². The number of nitrogens with zero attached hydrogens (tertiary/aromatic N) is 5. The van der Waals surface area contributed by atoms with Crippen LogP contribution in [0.1, 0.15) is 10.4 Å². The number of piperazine rings is 1. The first kappa shape index (κ1) is 18.9. The molecule has 1 fully saturated rings. The maximum Gasteiger partial charge on any atom is 0.253 e. The van der Waals surface area contributed by atoms with Crippen LogP contribution in [0, 0.1) is 5.82 Å². The molecule has 4 aromatic rings. The van der Waals surface area contributed by atoms with Crippen LogP contribution in [-0.2, 0) is 0 Å². The van der Waals surface area contributed by atoms with Crippen molar-refractivity contribution in [2.45, 2.75) is 0 Å². The van der Waals surface area contributed by atoms with Gasteiger partial charge in [-0.2, -0.15) is 5.10 Å². The predicted octanol–water partition coefficient (Wildman–Crippen LogP) is 3.65. The summed E-state index contributed by atoms with van der Waals surface area (Å²) in [6.07, 6.45) is 1.74. The third kappa shape index (κ3) is 3.48. The number of aromatic nitrogens is 3. The number of imidazole rings is 1. The van der Waals surface area contributed by atoms with E-state index in [0.717, 1.165) is 53.0 Å². The largest absolute Gasteiger partial charge is 0.336 e. The molecule has 3 heterocycles. The van der Waals surface area contributed by atoms with Crippen molar-refractivity contribution in [3.8, 4) is 21.8 Å². The summed E-state index contributed by atoms with van der Waals surface area (Å²) in [5.74, 6) is -0.202. The fourth-order valence-electron chi connectivity index (χ4n) is 3.57. The SMILES string of the molecule is CN1CCN(C(=O)c2ccc(-c3nn4c(-c5ccc(F)cc5)cnc4s3)cc2)CC1. The molecule has 2 aromatic heterocycles. The highest BCUT2D eigenvalue weighted by Gasteiger charge is 2.20. The fourth-order valence-corrected chi connectivity index (χ4v) is 4.45. The van der Waals surface area contributed by atoms with Gasteiger partial charge in [-0.05, 0) is 43.4 Å². The van der Waals surface area contributed by atoms with Crippen molar-refractivity contribution in [2.24, 2.45) is 0 Å². The maximum absolute atomic E-state index is 13.2. The van der Waals surface area contributed by atoms with Gasteiger partial charge in [-0.25, -0.2) is 13.9 Å². The summed E-state index contributed by atoms with van der Waals surface area (Å²) in [7, 11) is 2.07. The Bertz CT molecular complexity index is 1190. The third-order valence-electron chi connectivity index (χ3n) is 5.39. The van der Waals surface area contributed by atoms with E-state index in [1.165, 1.54) is 23.5 Å². The van der Waals surface area contributed by atoms with Gasteiger partial charge >= 0.3 is 0 Å². The van der Waals surface area contributed by atoms with Gasteiger partial charge in [0.15, 0.2) is 0 Å². The van der Waals surface area contributed by atoms with Crippen molar-refractivity contribution in [1.29, 1.82) is 0 Å². The minimum Gasteiger partial charge on any atom is -0.336 e. The second kappa shape index (κ2) is 7.62. The van der Waals surface area contributed by atoms with Crippen molar-refractivity contribution in [3.05, 3.63) is 66.1 Å². The van der Waals surface area contributed by atoms with E-state index in [9.17, 15) is 9.18 Å². The zero-order chi connectivity index (χ0) is 20.7. The van der Waals surface area contributed by atoms with Crippen molar-refractivity contribution in [1.82, 2.24) is 24.4 Å². The summed E-state index contributed by atoms with van der Waals surface area (Å²) < 4.78 is 15.0. The van der Waals surface area contributed by atoms with Gasteiger partial charge in [0.05, 0.1) is 11.9 Å². The highest BCUT2D eigenvalue weighted by molar-refractivity contribution is 7.19. The van der Waals surface area contributed by atoms with Crippen LogP contribution >= 0.6 is 11.3 Å². The van der Waals surface area contributed by atoms with Crippen LogP contribution in [0.25, 0.3) is 26.8 Å². The Labute approximate surface area is 177 Å². The lowest BCUT2D eigenvalue weighted by atomic mass is 10.1. The average Bonchev–Trinajstić information content (AvgIpc) is 3.36. The minimum atomic E-state index is -0.273. The molecule has 8 heteroatoms. The van der Waals surface area contributed by atoms with Gasteiger partial charge < -0.3 is 9.80 Å². The quantitative estimate of drug-likeness (QED) is 0.507. The highest BCUT2D eigenvalue weighted by Crippen LogP contribution is 2.29. The summed E-state index contributed by atoms with van der Waals surface area (Å²) >= 11 is 1.48. The molecule has 1 saturated heterocycles. The predicted molar refractivity (Wildman–Crippen MR) is 115 cm³/mol. The zero-order valence-corrected chi connectivity index (χ0v) is 17.3. The Balaban J connectivity index is 1.39. The molecule has 0 aliphatic carbocycles. The van der Waals surface area contributed by atoms with Crippen LogP contribution in [0.5, 0.6) is 0 Å². The summed E-state index contributed by atoms with van der Waals surface area (Å²) in [6, 6.07) is 13.9. The van der Waals surface area contributed by atoms with Gasteiger partial charge in [-0.15, -0.1) is 0 Å². The zero-order valence-electron chi connectivity index (χ0n) is 16.5. The van der Waals surface area contributed by atoms with Crippen molar-refractivity contribution >= 4 is 22.2 Å².